The van der Waals surface area contributed by atoms with Crippen molar-refractivity contribution in [3.63, 3.8) is 0 Å². The lowest BCUT2D eigenvalue weighted by Gasteiger charge is -2.02. The quantitative estimate of drug-likeness (QED) is 0.361. The third-order valence-corrected chi connectivity index (χ3v) is 3.32. The van der Waals surface area contributed by atoms with E-state index in [1.54, 1.807) is 0 Å². The molecule has 114 valence electrons. The zero-order chi connectivity index (χ0) is 17.0. The van der Waals surface area contributed by atoms with Crippen LogP contribution in [0, 0.1) is 31.6 Å². The monoisotopic (exact) mass is 329 g/mol. The lowest BCUT2D eigenvalue weighted by Crippen LogP contribution is -1.91. The summed E-state index contributed by atoms with van der Waals surface area (Å²) < 4.78 is 0. The number of rotatable bonds is 4. The van der Waals surface area contributed by atoms with Gasteiger partial charge in [0.25, 0.3) is 11.4 Å². The van der Waals surface area contributed by atoms with Crippen LogP contribution >= 0.6 is 11.6 Å². The van der Waals surface area contributed by atoms with Crippen molar-refractivity contribution in [2.75, 3.05) is 0 Å². The molecule has 7 nitrogen and oxygen atoms in total. The fourth-order valence-electron chi connectivity index (χ4n) is 1.88. The summed E-state index contributed by atoms with van der Waals surface area (Å²) in [6, 6.07) is 11.3. The van der Waals surface area contributed by atoms with Crippen molar-refractivity contribution in [2.24, 2.45) is 0 Å². The van der Waals surface area contributed by atoms with Gasteiger partial charge in [0.2, 0.25) is 0 Å². The van der Waals surface area contributed by atoms with Crippen LogP contribution < -0.4 is 0 Å². The number of non-ortho nitro benzene ring substituents is 2. The Morgan fingerprint density at radius 3 is 2.35 bits per heavy atom. The first-order valence-corrected chi connectivity index (χ1v) is 6.60. The van der Waals surface area contributed by atoms with E-state index in [9.17, 15) is 25.5 Å². The molecule has 0 saturated heterocycles. The molecule has 2 aromatic carbocycles. The molecule has 0 heterocycles. The SMILES string of the molecule is N#CC(=Cc1cc([N+](=O)[O-])ccc1Cl)c1cccc([N+](=O)[O-])c1. The summed E-state index contributed by atoms with van der Waals surface area (Å²) in [6.45, 7) is 0. The van der Waals surface area contributed by atoms with Gasteiger partial charge in [0.05, 0.1) is 21.5 Å². The molecule has 0 atom stereocenters. The van der Waals surface area contributed by atoms with E-state index in [1.807, 2.05) is 6.07 Å². The molecule has 0 aliphatic heterocycles. The summed E-state index contributed by atoms with van der Waals surface area (Å²) in [7, 11) is 0. The Kier molecular flexibility index (Phi) is 4.69. The van der Waals surface area contributed by atoms with Crippen molar-refractivity contribution >= 4 is 34.6 Å². The lowest BCUT2D eigenvalue weighted by atomic mass is 10.0. The first-order valence-electron chi connectivity index (χ1n) is 6.23. The van der Waals surface area contributed by atoms with E-state index in [1.165, 1.54) is 48.5 Å². The van der Waals surface area contributed by atoms with Gasteiger partial charge in [0, 0.05) is 34.9 Å². The van der Waals surface area contributed by atoms with Crippen molar-refractivity contribution in [1.29, 1.82) is 5.26 Å². The van der Waals surface area contributed by atoms with E-state index >= 15 is 0 Å². The smallest absolute Gasteiger partial charge is 0.258 e. The summed E-state index contributed by atoms with van der Waals surface area (Å²) in [5.74, 6) is 0. The lowest BCUT2D eigenvalue weighted by molar-refractivity contribution is -0.385. The average Bonchev–Trinajstić information content (AvgIpc) is 2.53. The molecule has 0 unspecified atom stereocenters. The molecule has 0 fully saturated rings. The minimum Gasteiger partial charge on any atom is -0.258 e. The zero-order valence-corrected chi connectivity index (χ0v) is 12.2. The van der Waals surface area contributed by atoms with Crippen molar-refractivity contribution in [2.45, 2.75) is 0 Å². The molecule has 0 saturated carbocycles. The van der Waals surface area contributed by atoms with Gasteiger partial charge in [-0.3, -0.25) is 20.2 Å². The van der Waals surface area contributed by atoms with Crippen molar-refractivity contribution in [3.05, 3.63) is 78.8 Å². The normalized spacial score (nSPS) is 10.9. The molecule has 0 N–H and O–H groups in total. The van der Waals surface area contributed by atoms with Gasteiger partial charge < -0.3 is 0 Å². The van der Waals surface area contributed by atoms with Gasteiger partial charge in [-0.2, -0.15) is 5.26 Å². The van der Waals surface area contributed by atoms with Crippen molar-refractivity contribution < 1.29 is 9.85 Å². The topological polar surface area (TPSA) is 110 Å². The molecule has 0 aromatic heterocycles. The van der Waals surface area contributed by atoms with Crippen LogP contribution in [0.25, 0.3) is 11.6 Å². The van der Waals surface area contributed by atoms with E-state index in [2.05, 4.69) is 0 Å². The molecule has 0 aliphatic carbocycles. The van der Waals surface area contributed by atoms with Crippen LogP contribution in [0.4, 0.5) is 11.4 Å². The molecule has 0 aliphatic rings. The van der Waals surface area contributed by atoms with E-state index in [4.69, 9.17) is 11.6 Å². The summed E-state index contributed by atoms with van der Waals surface area (Å²) in [5, 5.41) is 31.1. The fourth-order valence-corrected chi connectivity index (χ4v) is 2.05. The second-order valence-corrected chi connectivity index (χ2v) is 4.85. The second kappa shape index (κ2) is 6.68. The highest BCUT2D eigenvalue weighted by Crippen LogP contribution is 2.27. The number of allylic oxidation sites excluding steroid dienone is 1. The minimum absolute atomic E-state index is 0.107. The molecule has 0 bridgehead atoms. The van der Waals surface area contributed by atoms with Crippen LogP contribution in [0.3, 0.4) is 0 Å². The number of nitro groups is 2. The number of hydrogen-bond acceptors (Lipinski definition) is 5. The minimum atomic E-state index is -0.576. The van der Waals surface area contributed by atoms with Gasteiger partial charge in [0.1, 0.15) is 0 Å². The average molecular weight is 330 g/mol. The number of benzene rings is 2. The number of nitro benzene ring substituents is 2. The van der Waals surface area contributed by atoms with E-state index in [-0.39, 0.29) is 27.5 Å². The first-order chi connectivity index (χ1) is 10.9. The second-order valence-electron chi connectivity index (χ2n) is 4.44. The molecular weight excluding hydrogens is 322 g/mol. The number of halogens is 1. The molecule has 0 amide bonds. The van der Waals surface area contributed by atoms with Crippen LogP contribution in [0.2, 0.25) is 5.02 Å². The van der Waals surface area contributed by atoms with Gasteiger partial charge in [-0.1, -0.05) is 23.7 Å². The molecular formula is C15H8ClN3O4. The first kappa shape index (κ1) is 16.1. The Labute approximate surface area is 135 Å². The maximum absolute atomic E-state index is 10.8. The molecule has 0 spiro atoms. The molecule has 23 heavy (non-hydrogen) atoms. The van der Waals surface area contributed by atoms with Gasteiger partial charge in [0.15, 0.2) is 0 Å². The largest absolute Gasteiger partial charge is 0.270 e. The maximum atomic E-state index is 10.8. The predicted octanol–water partition coefficient (Wildman–Crippen LogP) is 4.22. The number of nitrogens with zero attached hydrogens (tertiary/aromatic N) is 3. The number of hydrogen-bond donors (Lipinski definition) is 0. The maximum Gasteiger partial charge on any atom is 0.270 e. The van der Waals surface area contributed by atoms with Crippen molar-refractivity contribution in [1.82, 2.24) is 0 Å². The summed E-state index contributed by atoms with van der Waals surface area (Å²) in [5.41, 5.74) is 0.384. The summed E-state index contributed by atoms with van der Waals surface area (Å²) >= 11 is 5.99. The highest BCUT2D eigenvalue weighted by atomic mass is 35.5. The third-order valence-electron chi connectivity index (χ3n) is 2.98. The van der Waals surface area contributed by atoms with Crippen LogP contribution in [0.5, 0.6) is 0 Å². The van der Waals surface area contributed by atoms with Crippen LogP contribution in [0.15, 0.2) is 42.5 Å². The van der Waals surface area contributed by atoms with Gasteiger partial charge in [-0.15, -0.1) is 0 Å². The Bertz CT molecular complexity index is 871. The van der Waals surface area contributed by atoms with Crippen molar-refractivity contribution in [3.8, 4) is 6.07 Å². The summed E-state index contributed by atoms with van der Waals surface area (Å²) in [6.07, 6.45) is 1.36. The summed E-state index contributed by atoms with van der Waals surface area (Å²) in [4.78, 5) is 20.5. The van der Waals surface area contributed by atoms with Crippen LogP contribution in [-0.2, 0) is 0 Å². The van der Waals surface area contributed by atoms with Gasteiger partial charge in [-0.25, -0.2) is 0 Å². The molecule has 2 aromatic rings. The van der Waals surface area contributed by atoms with Gasteiger partial charge in [-0.05, 0) is 17.7 Å². The number of nitriles is 1. The van der Waals surface area contributed by atoms with E-state index < -0.39 is 9.85 Å². The van der Waals surface area contributed by atoms with Crippen LogP contribution in [-0.4, -0.2) is 9.85 Å². The Morgan fingerprint density at radius 1 is 1.09 bits per heavy atom. The predicted molar refractivity (Wildman–Crippen MR) is 84.7 cm³/mol. The van der Waals surface area contributed by atoms with Gasteiger partial charge >= 0.3 is 0 Å². The molecule has 2 rings (SSSR count). The highest BCUT2D eigenvalue weighted by Gasteiger charge is 2.12. The zero-order valence-electron chi connectivity index (χ0n) is 11.5. The van der Waals surface area contributed by atoms with E-state index in [0.29, 0.717) is 5.56 Å². The van der Waals surface area contributed by atoms with E-state index in [0.717, 1.165) is 0 Å². The standard InChI is InChI=1S/C15H8ClN3O4/c16-15-5-4-14(19(22)23)8-11(15)6-12(9-17)10-2-1-3-13(7-10)18(20)21/h1-8H. The Morgan fingerprint density at radius 2 is 1.74 bits per heavy atom. The van der Waals surface area contributed by atoms with Crippen LogP contribution in [0.1, 0.15) is 11.1 Å². The Hall–Kier alpha value is -3.24. The Balaban J connectivity index is 2.54. The highest BCUT2D eigenvalue weighted by molar-refractivity contribution is 6.32. The molecule has 8 heteroatoms. The third kappa shape index (κ3) is 3.70. The molecule has 0 radical (unpaired) electrons. The fraction of sp³-hybridized carbons (Fsp3) is 0.